The average molecular weight is 480 g/mol. The molecule has 1 aliphatic carbocycles. The van der Waals surface area contributed by atoms with E-state index in [4.69, 9.17) is 9.47 Å². The number of hydrogen-bond donors (Lipinski definition) is 1. The summed E-state index contributed by atoms with van der Waals surface area (Å²) >= 11 is -0.231. The van der Waals surface area contributed by atoms with Gasteiger partial charge in [0.25, 0.3) is 5.91 Å². The van der Waals surface area contributed by atoms with E-state index in [9.17, 15) is 22.8 Å². The number of ether oxygens (including phenoxy) is 2. The molecule has 0 heterocycles. The standard InChI is InChI=1S/C24H24F3NO4S/c1-3-32-23(30)21(16-5-4-6-19(14-16)31-2)17-7-10-18(13-17)28-22(29)15-8-11-20(12-9-15)33-24(25,26)27/h4-12,14,17-18,21H,3,13H2,1-2H3,(H,28,29)/t17-,18-,21+/m0/s1. The minimum Gasteiger partial charge on any atom is -0.497 e. The Bertz CT molecular complexity index is 1010. The zero-order chi connectivity index (χ0) is 24.0. The molecule has 1 N–H and O–H groups in total. The molecule has 176 valence electrons. The molecule has 3 atom stereocenters. The molecule has 0 radical (unpaired) electrons. The summed E-state index contributed by atoms with van der Waals surface area (Å²) in [5, 5.41) is 2.86. The van der Waals surface area contributed by atoms with Crippen molar-refractivity contribution < 1.29 is 32.2 Å². The zero-order valence-corrected chi connectivity index (χ0v) is 18.9. The molecule has 0 aromatic heterocycles. The number of carbonyl (C=O) groups is 2. The highest BCUT2D eigenvalue weighted by atomic mass is 32.2. The van der Waals surface area contributed by atoms with Crippen molar-refractivity contribution in [1.82, 2.24) is 5.32 Å². The van der Waals surface area contributed by atoms with E-state index in [1.165, 1.54) is 24.3 Å². The van der Waals surface area contributed by atoms with E-state index in [1.807, 2.05) is 18.2 Å². The van der Waals surface area contributed by atoms with Gasteiger partial charge in [0.1, 0.15) is 5.75 Å². The second-order valence-electron chi connectivity index (χ2n) is 7.44. The van der Waals surface area contributed by atoms with Gasteiger partial charge in [0, 0.05) is 16.5 Å². The fourth-order valence-corrected chi connectivity index (χ4v) is 4.31. The Labute approximate surface area is 194 Å². The first-order chi connectivity index (χ1) is 15.7. The van der Waals surface area contributed by atoms with Crippen LogP contribution in [0, 0.1) is 5.92 Å². The van der Waals surface area contributed by atoms with E-state index in [2.05, 4.69) is 5.32 Å². The highest BCUT2D eigenvalue weighted by Gasteiger charge is 2.34. The fourth-order valence-electron chi connectivity index (χ4n) is 3.77. The highest BCUT2D eigenvalue weighted by Crippen LogP contribution is 2.37. The van der Waals surface area contributed by atoms with Crippen LogP contribution in [-0.4, -0.2) is 37.1 Å². The number of methoxy groups -OCH3 is 1. The van der Waals surface area contributed by atoms with Crippen molar-refractivity contribution in [3.63, 3.8) is 0 Å². The van der Waals surface area contributed by atoms with Gasteiger partial charge in [-0.1, -0.05) is 24.3 Å². The van der Waals surface area contributed by atoms with Crippen LogP contribution in [0.5, 0.6) is 5.75 Å². The van der Waals surface area contributed by atoms with Gasteiger partial charge in [0.15, 0.2) is 0 Å². The summed E-state index contributed by atoms with van der Waals surface area (Å²) in [5.41, 5.74) is -3.37. The maximum atomic E-state index is 12.7. The topological polar surface area (TPSA) is 64.6 Å². The molecule has 0 unspecified atom stereocenters. The molecular weight excluding hydrogens is 455 g/mol. The van der Waals surface area contributed by atoms with Gasteiger partial charge in [-0.25, -0.2) is 0 Å². The van der Waals surface area contributed by atoms with Crippen LogP contribution >= 0.6 is 11.8 Å². The maximum absolute atomic E-state index is 12.7. The average Bonchev–Trinajstić information content (AvgIpc) is 3.21. The predicted octanol–water partition coefficient (Wildman–Crippen LogP) is 5.33. The van der Waals surface area contributed by atoms with Crippen LogP contribution in [0.3, 0.4) is 0 Å². The van der Waals surface area contributed by atoms with Gasteiger partial charge in [-0.3, -0.25) is 9.59 Å². The summed E-state index contributed by atoms with van der Waals surface area (Å²) < 4.78 is 48.0. The number of nitrogens with one attached hydrogen (secondary N) is 1. The quantitative estimate of drug-likeness (QED) is 0.315. The van der Waals surface area contributed by atoms with Crippen LogP contribution in [0.2, 0.25) is 0 Å². The molecule has 0 fully saturated rings. The minimum absolute atomic E-state index is 0.00967. The number of alkyl halides is 3. The molecule has 5 nitrogen and oxygen atoms in total. The first-order valence-electron chi connectivity index (χ1n) is 10.4. The molecule has 1 aliphatic rings. The molecule has 1 amide bonds. The van der Waals surface area contributed by atoms with E-state index in [-0.39, 0.29) is 46.8 Å². The molecule has 0 bridgehead atoms. The molecule has 0 saturated carbocycles. The van der Waals surface area contributed by atoms with Crippen molar-refractivity contribution in [3.8, 4) is 5.75 Å². The predicted molar refractivity (Wildman–Crippen MR) is 119 cm³/mol. The summed E-state index contributed by atoms with van der Waals surface area (Å²) in [5.74, 6) is -0.891. The third-order valence-electron chi connectivity index (χ3n) is 5.20. The van der Waals surface area contributed by atoms with Crippen LogP contribution in [0.1, 0.15) is 35.2 Å². The number of rotatable bonds is 8. The third-order valence-corrected chi connectivity index (χ3v) is 5.94. The van der Waals surface area contributed by atoms with Crippen molar-refractivity contribution in [3.05, 3.63) is 71.8 Å². The lowest BCUT2D eigenvalue weighted by Gasteiger charge is -2.23. The zero-order valence-electron chi connectivity index (χ0n) is 18.1. The summed E-state index contributed by atoms with van der Waals surface area (Å²) in [6.45, 7) is 1.99. The maximum Gasteiger partial charge on any atom is 0.446 e. The lowest BCUT2D eigenvalue weighted by molar-refractivity contribution is -0.146. The molecule has 0 spiro atoms. The second kappa shape index (κ2) is 10.8. The number of esters is 1. The van der Waals surface area contributed by atoms with Gasteiger partial charge in [-0.2, -0.15) is 13.2 Å². The lowest BCUT2D eigenvalue weighted by Crippen LogP contribution is -2.33. The van der Waals surface area contributed by atoms with Gasteiger partial charge in [-0.05, 0) is 73.0 Å². The number of amides is 1. The van der Waals surface area contributed by atoms with Gasteiger partial charge in [0.05, 0.1) is 19.6 Å². The van der Waals surface area contributed by atoms with E-state index in [0.717, 1.165) is 5.56 Å². The van der Waals surface area contributed by atoms with Crippen molar-refractivity contribution in [2.45, 2.75) is 35.7 Å². The van der Waals surface area contributed by atoms with Gasteiger partial charge < -0.3 is 14.8 Å². The molecule has 2 aromatic carbocycles. The number of thioether (sulfide) groups is 1. The Morgan fingerprint density at radius 3 is 2.52 bits per heavy atom. The van der Waals surface area contributed by atoms with E-state index in [0.29, 0.717) is 12.2 Å². The Morgan fingerprint density at radius 1 is 1.15 bits per heavy atom. The largest absolute Gasteiger partial charge is 0.497 e. The van der Waals surface area contributed by atoms with E-state index < -0.39 is 17.3 Å². The van der Waals surface area contributed by atoms with Crippen molar-refractivity contribution in [2.24, 2.45) is 5.92 Å². The summed E-state index contributed by atoms with van der Waals surface area (Å²) in [6.07, 6.45) is 4.19. The first-order valence-corrected chi connectivity index (χ1v) is 11.2. The Balaban J connectivity index is 1.67. The van der Waals surface area contributed by atoms with Crippen LogP contribution in [0.4, 0.5) is 13.2 Å². The summed E-state index contributed by atoms with van der Waals surface area (Å²) in [6, 6.07) is 12.1. The smallest absolute Gasteiger partial charge is 0.446 e. The lowest BCUT2D eigenvalue weighted by atomic mass is 9.85. The molecule has 33 heavy (non-hydrogen) atoms. The Hall–Kier alpha value is -2.94. The molecule has 3 rings (SSSR count). The summed E-state index contributed by atoms with van der Waals surface area (Å²) in [4.78, 5) is 25.3. The van der Waals surface area contributed by atoms with Crippen molar-refractivity contribution in [2.75, 3.05) is 13.7 Å². The number of carbonyl (C=O) groups excluding carboxylic acids is 2. The Kier molecular flexibility index (Phi) is 8.07. The van der Waals surface area contributed by atoms with Crippen LogP contribution in [0.15, 0.2) is 65.6 Å². The molecule has 0 aliphatic heterocycles. The third kappa shape index (κ3) is 6.77. The van der Waals surface area contributed by atoms with E-state index in [1.54, 1.807) is 32.2 Å². The molecule has 0 saturated heterocycles. The first kappa shape index (κ1) is 24.7. The van der Waals surface area contributed by atoms with Crippen molar-refractivity contribution in [1.29, 1.82) is 0 Å². The van der Waals surface area contributed by atoms with E-state index >= 15 is 0 Å². The SMILES string of the molecule is CCOC(=O)[C@H](c1cccc(OC)c1)[C@H]1C=C[C@H](NC(=O)c2ccc(SC(F)(F)F)cc2)C1. The van der Waals surface area contributed by atoms with Crippen molar-refractivity contribution >= 4 is 23.6 Å². The number of halogens is 3. The number of hydrogen-bond acceptors (Lipinski definition) is 5. The summed E-state index contributed by atoms with van der Waals surface area (Å²) in [7, 11) is 1.55. The van der Waals surface area contributed by atoms with Crippen LogP contribution in [0.25, 0.3) is 0 Å². The molecule has 2 aromatic rings. The number of allylic oxidation sites excluding steroid dienone is 1. The monoisotopic (exact) mass is 479 g/mol. The van der Waals surface area contributed by atoms with Gasteiger partial charge >= 0.3 is 11.5 Å². The van der Waals surface area contributed by atoms with Crippen LogP contribution in [-0.2, 0) is 9.53 Å². The second-order valence-corrected chi connectivity index (χ2v) is 8.58. The number of benzene rings is 2. The molecule has 9 heteroatoms. The highest BCUT2D eigenvalue weighted by molar-refractivity contribution is 8.00. The Morgan fingerprint density at radius 2 is 1.88 bits per heavy atom. The molecular formula is C24H24F3NO4S. The van der Waals surface area contributed by atoms with Crippen LogP contribution < -0.4 is 10.1 Å². The van der Waals surface area contributed by atoms with Gasteiger partial charge in [0.2, 0.25) is 0 Å². The normalized spacial score (nSPS) is 18.6. The minimum atomic E-state index is -4.38. The van der Waals surface area contributed by atoms with Gasteiger partial charge in [-0.15, -0.1) is 0 Å². The fraction of sp³-hybridized carbons (Fsp3) is 0.333.